The summed E-state index contributed by atoms with van der Waals surface area (Å²) in [6, 6.07) is 7.22. The number of rotatable bonds is 4. The van der Waals surface area contributed by atoms with Gasteiger partial charge in [0.15, 0.2) is 0 Å². The van der Waals surface area contributed by atoms with E-state index >= 15 is 0 Å². The fourth-order valence-electron chi connectivity index (χ4n) is 1.42. The number of nitrogens with one attached hydrogen (secondary N) is 1. The minimum absolute atomic E-state index is 0.171. The van der Waals surface area contributed by atoms with Crippen LogP contribution in [0.1, 0.15) is 28.7 Å². The molecule has 1 aromatic carbocycles. The molecule has 0 aliphatic carbocycles. The largest absolute Gasteiger partial charge is 0.296 e. The first-order chi connectivity index (χ1) is 8.69. The zero-order valence-electron chi connectivity index (χ0n) is 9.81. The topological polar surface area (TPSA) is 54.9 Å². The Hall–Kier alpha value is -1.27. The van der Waals surface area contributed by atoms with Crippen LogP contribution in [0.5, 0.6) is 0 Å². The van der Waals surface area contributed by atoms with E-state index in [9.17, 15) is 4.79 Å². The summed E-state index contributed by atoms with van der Waals surface area (Å²) in [6.45, 7) is 2.08. The molecule has 1 amide bonds. The van der Waals surface area contributed by atoms with Crippen molar-refractivity contribution in [2.24, 2.45) is 0 Å². The Balaban J connectivity index is 2.06. The number of amides is 1. The summed E-state index contributed by atoms with van der Waals surface area (Å²) < 4.78 is 0.874. The molecule has 1 heterocycles. The number of anilines is 1. The number of benzene rings is 1. The maximum Gasteiger partial charge on any atom is 0.257 e. The van der Waals surface area contributed by atoms with E-state index < -0.39 is 0 Å². The van der Waals surface area contributed by atoms with Crippen molar-refractivity contribution >= 4 is 38.3 Å². The molecule has 0 saturated carbocycles. The van der Waals surface area contributed by atoms with E-state index in [4.69, 9.17) is 0 Å². The molecule has 0 spiro atoms. The van der Waals surface area contributed by atoms with E-state index in [2.05, 4.69) is 38.4 Å². The number of aromatic nitrogens is 2. The molecule has 94 valence electrons. The van der Waals surface area contributed by atoms with Crippen LogP contribution in [0, 0.1) is 0 Å². The van der Waals surface area contributed by atoms with Crippen LogP contribution in [0.4, 0.5) is 5.13 Å². The van der Waals surface area contributed by atoms with Crippen molar-refractivity contribution < 1.29 is 4.79 Å². The molecule has 18 heavy (non-hydrogen) atoms. The summed E-state index contributed by atoms with van der Waals surface area (Å²) in [5, 5.41) is 12.2. The molecule has 0 aliphatic rings. The second kappa shape index (κ2) is 6.06. The average molecular weight is 326 g/mol. The van der Waals surface area contributed by atoms with E-state index in [1.54, 1.807) is 12.1 Å². The third-order valence-electron chi connectivity index (χ3n) is 2.24. The van der Waals surface area contributed by atoms with Crippen molar-refractivity contribution in [3.8, 4) is 0 Å². The zero-order valence-corrected chi connectivity index (χ0v) is 12.2. The maximum atomic E-state index is 11.9. The molecule has 1 aromatic heterocycles. The number of nitrogens with zero attached hydrogens (tertiary/aromatic N) is 2. The molecule has 0 saturated heterocycles. The Morgan fingerprint density at radius 2 is 2.28 bits per heavy atom. The van der Waals surface area contributed by atoms with Crippen LogP contribution >= 0.6 is 27.3 Å². The first-order valence-electron chi connectivity index (χ1n) is 5.58. The van der Waals surface area contributed by atoms with Gasteiger partial charge in [-0.1, -0.05) is 40.3 Å². The zero-order chi connectivity index (χ0) is 13.0. The van der Waals surface area contributed by atoms with Gasteiger partial charge >= 0.3 is 0 Å². The lowest BCUT2D eigenvalue weighted by atomic mass is 10.2. The normalized spacial score (nSPS) is 10.3. The highest BCUT2D eigenvalue weighted by Gasteiger charge is 2.09. The highest BCUT2D eigenvalue weighted by atomic mass is 79.9. The lowest BCUT2D eigenvalue weighted by molar-refractivity contribution is 0.102. The summed E-state index contributed by atoms with van der Waals surface area (Å²) in [7, 11) is 0. The van der Waals surface area contributed by atoms with E-state index in [-0.39, 0.29) is 5.91 Å². The summed E-state index contributed by atoms with van der Waals surface area (Å²) in [5.41, 5.74) is 0.594. The molecule has 0 unspecified atom stereocenters. The SMILES string of the molecule is CCCc1nnc(NC(=O)c2cccc(Br)c2)s1. The van der Waals surface area contributed by atoms with E-state index in [0.29, 0.717) is 10.7 Å². The second-order valence-corrected chi connectivity index (χ2v) is 5.69. The number of carbonyl (C=O) groups is 1. The third kappa shape index (κ3) is 3.36. The van der Waals surface area contributed by atoms with Crippen molar-refractivity contribution in [3.63, 3.8) is 0 Å². The monoisotopic (exact) mass is 325 g/mol. The van der Waals surface area contributed by atoms with Gasteiger partial charge in [0.05, 0.1) is 0 Å². The summed E-state index contributed by atoms with van der Waals surface area (Å²) in [5.74, 6) is -0.171. The fourth-order valence-corrected chi connectivity index (χ4v) is 2.65. The molecule has 0 bridgehead atoms. The highest BCUT2D eigenvalue weighted by molar-refractivity contribution is 9.10. The van der Waals surface area contributed by atoms with Crippen molar-refractivity contribution in [1.29, 1.82) is 0 Å². The number of halogens is 1. The summed E-state index contributed by atoms with van der Waals surface area (Å²) >= 11 is 4.75. The van der Waals surface area contributed by atoms with Crippen LogP contribution in [0.15, 0.2) is 28.7 Å². The van der Waals surface area contributed by atoms with Gasteiger partial charge in [-0.2, -0.15) is 0 Å². The van der Waals surface area contributed by atoms with Gasteiger partial charge in [0.1, 0.15) is 5.01 Å². The van der Waals surface area contributed by atoms with Crippen LogP contribution < -0.4 is 5.32 Å². The van der Waals surface area contributed by atoms with Crippen LogP contribution in [0.2, 0.25) is 0 Å². The number of hydrogen-bond acceptors (Lipinski definition) is 4. The lowest BCUT2D eigenvalue weighted by Gasteiger charge is -2.01. The molecular formula is C12H12BrN3OS. The van der Waals surface area contributed by atoms with Gasteiger partial charge in [-0.25, -0.2) is 0 Å². The van der Waals surface area contributed by atoms with Crippen molar-refractivity contribution in [2.45, 2.75) is 19.8 Å². The van der Waals surface area contributed by atoms with Crippen LogP contribution in [-0.2, 0) is 6.42 Å². The molecule has 4 nitrogen and oxygen atoms in total. The Bertz CT molecular complexity index is 556. The summed E-state index contributed by atoms with van der Waals surface area (Å²) in [6.07, 6.45) is 1.92. The molecule has 2 rings (SSSR count). The molecule has 0 radical (unpaired) electrons. The lowest BCUT2D eigenvalue weighted by Crippen LogP contribution is -2.11. The van der Waals surface area contributed by atoms with Crippen LogP contribution in [0.25, 0.3) is 0 Å². The molecule has 0 atom stereocenters. The van der Waals surface area contributed by atoms with E-state index in [1.807, 2.05) is 12.1 Å². The van der Waals surface area contributed by atoms with E-state index in [1.165, 1.54) is 11.3 Å². The first-order valence-corrected chi connectivity index (χ1v) is 7.19. The summed E-state index contributed by atoms with van der Waals surface area (Å²) in [4.78, 5) is 11.9. The average Bonchev–Trinajstić information content (AvgIpc) is 2.77. The Kier molecular flexibility index (Phi) is 4.43. The van der Waals surface area contributed by atoms with Gasteiger partial charge < -0.3 is 0 Å². The number of hydrogen-bond donors (Lipinski definition) is 1. The minimum atomic E-state index is -0.171. The van der Waals surface area contributed by atoms with Crippen molar-refractivity contribution in [1.82, 2.24) is 10.2 Å². The Morgan fingerprint density at radius 3 is 3.00 bits per heavy atom. The standard InChI is InChI=1S/C12H12BrN3OS/c1-2-4-10-15-16-12(18-10)14-11(17)8-5-3-6-9(13)7-8/h3,5-7H,2,4H2,1H3,(H,14,16,17). The van der Waals surface area contributed by atoms with Gasteiger partial charge in [-0.05, 0) is 24.6 Å². The second-order valence-electron chi connectivity index (χ2n) is 3.72. The smallest absolute Gasteiger partial charge is 0.257 e. The van der Waals surface area contributed by atoms with Gasteiger partial charge in [0.25, 0.3) is 5.91 Å². The van der Waals surface area contributed by atoms with Crippen LogP contribution in [0.3, 0.4) is 0 Å². The molecular weight excluding hydrogens is 314 g/mol. The number of carbonyl (C=O) groups excluding carboxylic acids is 1. The van der Waals surface area contributed by atoms with Crippen molar-refractivity contribution in [2.75, 3.05) is 5.32 Å². The Morgan fingerprint density at radius 1 is 1.44 bits per heavy atom. The van der Waals surface area contributed by atoms with Crippen LogP contribution in [-0.4, -0.2) is 16.1 Å². The maximum absolute atomic E-state index is 11.9. The quantitative estimate of drug-likeness (QED) is 0.935. The van der Waals surface area contributed by atoms with Gasteiger partial charge in [-0.15, -0.1) is 10.2 Å². The third-order valence-corrected chi connectivity index (χ3v) is 3.63. The molecule has 1 N–H and O–H groups in total. The minimum Gasteiger partial charge on any atom is -0.296 e. The van der Waals surface area contributed by atoms with E-state index in [0.717, 1.165) is 22.3 Å². The molecule has 2 aromatic rings. The predicted molar refractivity (Wildman–Crippen MR) is 76.0 cm³/mol. The molecule has 0 fully saturated rings. The van der Waals surface area contributed by atoms with Gasteiger partial charge in [-0.3, -0.25) is 10.1 Å². The van der Waals surface area contributed by atoms with Gasteiger partial charge in [0.2, 0.25) is 5.13 Å². The predicted octanol–water partition coefficient (Wildman–Crippen LogP) is 3.51. The molecule has 0 aliphatic heterocycles. The Labute approximate surface area is 118 Å². The fraction of sp³-hybridized carbons (Fsp3) is 0.250. The van der Waals surface area contributed by atoms with Crippen molar-refractivity contribution in [3.05, 3.63) is 39.3 Å². The first kappa shape index (κ1) is 13.2. The molecule has 6 heteroatoms. The number of aryl methyl sites for hydroxylation is 1. The highest BCUT2D eigenvalue weighted by Crippen LogP contribution is 2.18. The van der Waals surface area contributed by atoms with Gasteiger partial charge in [0, 0.05) is 16.5 Å².